The molecule has 0 fully saturated rings. The van der Waals surface area contributed by atoms with Crippen LogP contribution in [-0.2, 0) is 20.1 Å². The number of rotatable bonds is 1. The van der Waals surface area contributed by atoms with Crippen molar-refractivity contribution in [2.45, 2.75) is 0 Å². The van der Waals surface area contributed by atoms with Gasteiger partial charge in [0.05, 0.1) is 16.7 Å². The Bertz CT molecular complexity index is 840. The summed E-state index contributed by atoms with van der Waals surface area (Å²) in [5, 5.41) is 28.6. The molecule has 0 heterocycles. The Hall–Kier alpha value is -2.50. The summed E-state index contributed by atoms with van der Waals surface area (Å²) >= 11 is 0. The molecule has 1 aliphatic rings. The smallest absolute Gasteiger partial charge is 0.335 e. The van der Waals surface area contributed by atoms with Crippen molar-refractivity contribution >= 4 is 17.5 Å². The predicted molar refractivity (Wildman–Crippen MR) is 70.0 cm³/mol. The summed E-state index contributed by atoms with van der Waals surface area (Å²) in [6.45, 7) is 0. The number of aromatic carboxylic acids is 1. The zero-order valence-corrected chi connectivity index (χ0v) is 13.2. The van der Waals surface area contributed by atoms with Crippen LogP contribution >= 0.6 is 0 Å². The van der Waals surface area contributed by atoms with Gasteiger partial charge in [-0.05, 0) is 18.2 Å². The molecule has 3 N–H and O–H groups in total. The zero-order chi connectivity index (χ0) is 15.3. The molecule has 0 unspecified atom stereocenters. The molecule has 2 aromatic carbocycles. The van der Waals surface area contributed by atoms with Crippen LogP contribution in [0.4, 0.5) is 0 Å². The van der Waals surface area contributed by atoms with E-state index in [-0.39, 0.29) is 53.7 Å². The Balaban J connectivity index is 0.00000176. The van der Waals surface area contributed by atoms with Gasteiger partial charge >= 0.3 is 5.97 Å². The number of hydrogen-bond donors (Lipinski definition) is 3. The molecule has 1 radical (unpaired) electrons. The van der Waals surface area contributed by atoms with Crippen molar-refractivity contribution in [1.29, 1.82) is 0 Å². The monoisotopic (exact) mass is 477 g/mol. The van der Waals surface area contributed by atoms with E-state index in [4.69, 9.17) is 5.11 Å². The van der Waals surface area contributed by atoms with Gasteiger partial charge in [-0.2, -0.15) is 0 Å². The first-order chi connectivity index (χ1) is 9.91. The van der Waals surface area contributed by atoms with Crippen molar-refractivity contribution in [3.05, 3.63) is 58.1 Å². The van der Waals surface area contributed by atoms with Crippen LogP contribution < -0.4 is 0 Å². The van der Waals surface area contributed by atoms with Gasteiger partial charge in [-0.1, -0.05) is 12.1 Å². The van der Waals surface area contributed by atoms with Gasteiger partial charge in [-0.15, -0.1) is 0 Å². The Morgan fingerprint density at radius 2 is 1.50 bits per heavy atom. The predicted octanol–water partition coefficient (Wildman–Crippen LogP) is 1.57. The van der Waals surface area contributed by atoms with Crippen LogP contribution in [0.2, 0.25) is 0 Å². The van der Waals surface area contributed by atoms with Gasteiger partial charge in [-0.25, -0.2) is 4.79 Å². The van der Waals surface area contributed by atoms with E-state index < -0.39 is 23.3 Å². The van der Waals surface area contributed by atoms with Gasteiger partial charge in [0, 0.05) is 31.2 Å². The molecule has 0 amide bonds. The van der Waals surface area contributed by atoms with Crippen molar-refractivity contribution in [1.82, 2.24) is 0 Å². The molecule has 0 bridgehead atoms. The van der Waals surface area contributed by atoms with Crippen LogP contribution in [0.25, 0.3) is 0 Å². The molecule has 0 aliphatic heterocycles. The maximum absolute atomic E-state index is 12.4. The molecule has 0 saturated carbocycles. The summed E-state index contributed by atoms with van der Waals surface area (Å²) in [4.78, 5) is 35.7. The molecule has 0 saturated heterocycles. The number of phenolic OH excluding ortho intramolecular Hbond substituents is 2. The van der Waals surface area contributed by atoms with Crippen LogP contribution in [0.15, 0.2) is 30.3 Å². The molecular weight excluding hydrogens is 468 g/mol. The topological polar surface area (TPSA) is 112 Å². The number of hydrogen-bond acceptors (Lipinski definition) is 5. The fourth-order valence-electron chi connectivity index (χ4n) is 2.41. The number of carbonyl (C=O) groups excluding carboxylic acids is 2. The van der Waals surface area contributed by atoms with E-state index in [1.807, 2.05) is 0 Å². The summed E-state index contributed by atoms with van der Waals surface area (Å²) in [6, 6.07) is 5.98. The minimum Gasteiger partial charge on any atom is -0.507 e. The minimum absolute atomic E-state index is 0. The van der Waals surface area contributed by atoms with Crippen molar-refractivity contribution in [2.24, 2.45) is 0 Å². The van der Waals surface area contributed by atoms with Crippen LogP contribution in [-0.4, -0.2) is 32.9 Å². The average molecular weight is 476 g/mol. The third-order valence-electron chi connectivity index (χ3n) is 3.35. The number of fused-ring (bicyclic) bond motifs is 2. The van der Waals surface area contributed by atoms with E-state index >= 15 is 0 Å². The van der Waals surface area contributed by atoms with Gasteiger partial charge in [0.15, 0.2) is 5.78 Å². The van der Waals surface area contributed by atoms with Crippen LogP contribution in [0.1, 0.15) is 42.2 Å². The molecular formula is C15H8IrO6. The summed E-state index contributed by atoms with van der Waals surface area (Å²) in [5.41, 5.74) is -0.978. The molecule has 113 valence electrons. The first-order valence-electron chi connectivity index (χ1n) is 5.93. The van der Waals surface area contributed by atoms with Gasteiger partial charge in [0.2, 0.25) is 5.78 Å². The zero-order valence-electron chi connectivity index (χ0n) is 10.8. The summed E-state index contributed by atoms with van der Waals surface area (Å²) in [6.07, 6.45) is 0. The number of carbonyl (C=O) groups is 3. The number of benzene rings is 2. The summed E-state index contributed by atoms with van der Waals surface area (Å²) < 4.78 is 0. The van der Waals surface area contributed by atoms with Gasteiger partial charge in [0.25, 0.3) is 0 Å². The molecule has 0 aromatic heterocycles. The Kier molecular flexibility index (Phi) is 3.87. The van der Waals surface area contributed by atoms with Gasteiger partial charge in [0.1, 0.15) is 11.5 Å². The van der Waals surface area contributed by atoms with Crippen molar-refractivity contribution in [3.8, 4) is 11.5 Å². The molecule has 22 heavy (non-hydrogen) atoms. The van der Waals surface area contributed by atoms with Gasteiger partial charge < -0.3 is 15.3 Å². The molecule has 1 aliphatic carbocycles. The largest absolute Gasteiger partial charge is 0.507 e. The molecule has 0 atom stereocenters. The second kappa shape index (κ2) is 5.36. The van der Waals surface area contributed by atoms with E-state index in [0.717, 1.165) is 12.1 Å². The third-order valence-corrected chi connectivity index (χ3v) is 3.35. The van der Waals surface area contributed by atoms with Crippen molar-refractivity contribution in [2.75, 3.05) is 0 Å². The molecule has 2 aromatic rings. The molecule has 3 rings (SSSR count). The van der Waals surface area contributed by atoms with E-state index in [2.05, 4.69) is 0 Å². The molecule has 0 spiro atoms. The van der Waals surface area contributed by atoms with E-state index in [9.17, 15) is 24.6 Å². The number of ketones is 2. The van der Waals surface area contributed by atoms with Crippen LogP contribution in [0.3, 0.4) is 0 Å². The number of phenols is 2. The molecule has 6 nitrogen and oxygen atoms in total. The SMILES string of the molecule is O=C(O)c1cc(O)c2c(c1)C(=O)c1cccc(O)c1C2=O.[Ir]. The second-order valence-electron chi connectivity index (χ2n) is 4.58. The Morgan fingerprint density at radius 1 is 0.864 bits per heavy atom. The first kappa shape index (κ1) is 15.9. The first-order valence-corrected chi connectivity index (χ1v) is 5.93. The quantitative estimate of drug-likeness (QED) is 0.492. The van der Waals surface area contributed by atoms with E-state index in [1.54, 1.807) is 0 Å². The van der Waals surface area contributed by atoms with Crippen molar-refractivity contribution < 1.29 is 49.8 Å². The fourth-order valence-corrected chi connectivity index (χ4v) is 2.41. The standard InChI is InChI=1S/C15H8O6.Ir/c16-9-3-1-2-7-11(9)14(19)12-8(13(7)18)4-6(15(20)21)5-10(12)17;/h1-5,16-17H,(H,20,21);. The Morgan fingerprint density at radius 3 is 2.14 bits per heavy atom. The van der Waals surface area contributed by atoms with E-state index in [1.165, 1.54) is 18.2 Å². The minimum atomic E-state index is -1.32. The Labute approximate surface area is 137 Å². The molecule has 7 heteroatoms. The average Bonchev–Trinajstić information content (AvgIpc) is 2.43. The van der Waals surface area contributed by atoms with Crippen molar-refractivity contribution in [3.63, 3.8) is 0 Å². The maximum Gasteiger partial charge on any atom is 0.335 e. The van der Waals surface area contributed by atoms with E-state index in [0.29, 0.717) is 0 Å². The third kappa shape index (κ3) is 2.11. The maximum atomic E-state index is 12.4. The fraction of sp³-hybridized carbons (Fsp3) is 0. The second-order valence-corrected chi connectivity index (χ2v) is 4.58. The summed E-state index contributed by atoms with van der Waals surface area (Å²) in [7, 11) is 0. The van der Waals surface area contributed by atoms with Crippen LogP contribution in [0.5, 0.6) is 11.5 Å². The normalized spacial score (nSPS) is 12.2. The number of carboxylic acids is 1. The van der Waals surface area contributed by atoms with Gasteiger partial charge in [-0.3, -0.25) is 9.59 Å². The number of aromatic hydroxyl groups is 2. The number of carboxylic acid groups (broad SMARTS) is 1. The summed E-state index contributed by atoms with van der Waals surface area (Å²) in [5.74, 6) is -3.62. The van der Waals surface area contributed by atoms with Crippen LogP contribution in [0, 0.1) is 0 Å².